The number of hydrogen-bond donors (Lipinski definition) is 2. The van der Waals surface area contributed by atoms with Crippen LogP contribution in [-0.2, 0) is 11.3 Å². The van der Waals surface area contributed by atoms with Gasteiger partial charge in [-0.05, 0) is 54.8 Å². The number of benzene rings is 2. The minimum absolute atomic E-state index is 0.210. The molecular weight excluding hydrogens is 380 g/mol. The number of rotatable bonds is 9. The van der Waals surface area contributed by atoms with Gasteiger partial charge in [-0.25, -0.2) is 0 Å². The number of guanidine groups is 1. The fraction of sp³-hybridized carbons (Fsp3) is 0.391. The van der Waals surface area contributed by atoms with Crippen LogP contribution < -0.4 is 25.0 Å². The lowest BCUT2D eigenvalue weighted by molar-refractivity contribution is -0.117. The first-order chi connectivity index (χ1) is 14.7. The molecule has 0 aromatic heterocycles. The van der Waals surface area contributed by atoms with Crippen molar-refractivity contribution in [3.8, 4) is 11.5 Å². The van der Waals surface area contributed by atoms with Crippen LogP contribution in [0, 0.1) is 0 Å². The summed E-state index contributed by atoms with van der Waals surface area (Å²) in [7, 11) is 3.40. The monoisotopic (exact) mass is 410 g/mol. The molecule has 3 rings (SSSR count). The van der Waals surface area contributed by atoms with Crippen molar-refractivity contribution in [3.05, 3.63) is 54.1 Å². The average molecular weight is 411 g/mol. The Bertz CT molecular complexity index is 835. The second kappa shape index (κ2) is 11.1. The summed E-state index contributed by atoms with van der Waals surface area (Å²) in [5.41, 5.74) is 2.11. The van der Waals surface area contributed by atoms with Gasteiger partial charge in [-0.15, -0.1) is 0 Å². The van der Waals surface area contributed by atoms with Crippen molar-refractivity contribution in [1.82, 2.24) is 10.6 Å². The Hall–Kier alpha value is -3.22. The summed E-state index contributed by atoms with van der Waals surface area (Å²) >= 11 is 0. The molecule has 30 heavy (non-hydrogen) atoms. The summed E-state index contributed by atoms with van der Waals surface area (Å²) in [4.78, 5) is 18.0. The van der Waals surface area contributed by atoms with Gasteiger partial charge in [-0.3, -0.25) is 9.79 Å². The number of hydrogen-bond acceptors (Lipinski definition) is 4. The van der Waals surface area contributed by atoms with Crippen LogP contribution >= 0.6 is 0 Å². The minimum Gasteiger partial charge on any atom is -0.497 e. The third-order valence-corrected chi connectivity index (χ3v) is 4.95. The van der Waals surface area contributed by atoms with Gasteiger partial charge in [-0.2, -0.15) is 0 Å². The van der Waals surface area contributed by atoms with Crippen molar-refractivity contribution in [2.45, 2.75) is 25.8 Å². The van der Waals surface area contributed by atoms with E-state index in [-0.39, 0.29) is 5.91 Å². The maximum absolute atomic E-state index is 11.8. The minimum atomic E-state index is 0.210. The van der Waals surface area contributed by atoms with Crippen LogP contribution in [0.5, 0.6) is 11.5 Å². The summed E-state index contributed by atoms with van der Waals surface area (Å²) < 4.78 is 10.9. The van der Waals surface area contributed by atoms with E-state index in [1.54, 1.807) is 14.2 Å². The molecule has 0 radical (unpaired) electrons. The quantitative estimate of drug-likeness (QED) is 0.378. The predicted molar refractivity (Wildman–Crippen MR) is 119 cm³/mol. The summed E-state index contributed by atoms with van der Waals surface area (Å²) in [5.74, 6) is 2.61. The van der Waals surface area contributed by atoms with E-state index in [4.69, 9.17) is 9.47 Å². The molecule has 1 aliphatic rings. The number of ether oxygens (including phenoxy) is 2. The van der Waals surface area contributed by atoms with E-state index in [1.807, 2.05) is 53.4 Å². The van der Waals surface area contributed by atoms with Crippen LogP contribution in [0.2, 0.25) is 0 Å². The number of amides is 1. The van der Waals surface area contributed by atoms with Crippen LogP contribution in [0.4, 0.5) is 5.69 Å². The fourth-order valence-corrected chi connectivity index (χ4v) is 3.26. The molecule has 1 amide bonds. The van der Waals surface area contributed by atoms with Gasteiger partial charge in [0.2, 0.25) is 5.91 Å². The highest BCUT2D eigenvalue weighted by atomic mass is 16.5. The number of anilines is 1. The molecule has 0 atom stereocenters. The number of carbonyl (C=O) groups excluding carboxylic acids is 1. The van der Waals surface area contributed by atoms with E-state index >= 15 is 0 Å². The molecule has 160 valence electrons. The van der Waals surface area contributed by atoms with Crippen molar-refractivity contribution in [3.63, 3.8) is 0 Å². The van der Waals surface area contributed by atoms with E-state index in [9.17, 15) is 4.79 Å². The van der Waals surface area contributed by atoms with Gasteiger partial charge in [-0.1, -0.05) is 12.1 Å². The SMILES string of the molecule is CN=C(NCCCOc1ccc(OC)cc1)NCc1ccc(N2CCCC2=O)cc1. The lowest BCUT2D eigenvalue weighted by Gasteiger charge is -2.16. The molecule has 2 aromatic rings. The summed E-state index contributed by atoms with van der Waals surface area (Å²) in [5, 5.41) is 6.60. The first-order valence-corrected chi connectivity index (χ1v) is 10.3. The Morgan fingerprint density at radius 1 is 1.07 bits per heavy atom. The molecule has 1 saturated heterocycles. The topological polar surface area (TPSA) is 75.2 Å². The van der Waals surface area contributed by atoms with E-state index in [0.29, 0.717) is 19.6 Å². The summed E-state index contributed by atoms with van der Waals surface area (Å²) in [6.45, 7) is 2.85. The van der Waals surface area contributed by atoms with E-state index in [2.05, 4.69) is 15.6 Å². The molecule has 7 nitrogen and oxygen atoms in total. The van der Waals surface area contributed by atoms with Crippen LogP contribution in [-0.4, -0.2) is 45.7 Å². The van der Waals surface area contributed by atoms with Gasteiger partial charge < -0.3 is 25.0 Å². The zero-order valence-corrected chi connectivity index (χ0v) is 17.7. The van der Waals surface area contributed by atoms with Gasteiger partial charge in [0.1, 0.15) is 11.5 Å². The van der Waals surface area contributed by atoms with Gasteiger partial charge in [0.25, 0.3) is 0 Å². The molecule has 2 N–H and O–H groups in total. The number of methoxy groups -OCH3 is 1. The zero-order chi connectivity index (χ0) is 21.2. The molecule has 0 aliphatic carbocycles. The molecular formula is C23H30N4O3. The second-order valence-corrected chi connectivity index (χ2v) is 7.05. The standard InChI is InChI=1S/C23H30N4O3/c1-24-23(25-14-4-16-30-21-12-10-20(29-2)11-13-21)26-17-18-6-8-19(9-7-18)27-15-3-5-22(27)28/h6-13H,3-5,14-17H2,1-2H3,(H2,24,25,26). The Balaban J connectivity index is 1.34. The smallest absolute Gasteiger partial charge is 0.227 e. The van der Waals surface area contributed by atoms with Crippen molar-refractivity contribution in [1.29, 1.82) is 0 Å². The van der Waals surface area contributed by atoms with Crippen LogP contribution in [0.25, 0.3) is 0 Å². The highest BCUT2D eigenvalue weighted by Crippen LogP contribution is 2.21. The maximum Gasteiger partial charge on any atom is 0.227 e. The molecule has 0 saturated carbocycles. The van der Waals surface area contributed by atoms with Crippen LogP contribution in [0.3, 0.4) is 0 Å². The summed E-state index contributed by atoms with van der Waals surface area (Å²) in [6.07, 6.45) is 2.44. The first kappa shape index (κ1) is 21.5. The average Bonchev–Trinajstić information content (AvgIpc) is 3.22. The highest BCUT2D eigenvalue weighted by molar-refractivity contribution is 5.95. The van der Waals surface area contributed by atoms with Crippen molar-refractivity contribution in [2.75, 3.05) is 38.8 Å². The number of aliphatic imine (C=N–C) groups is 1. The molecule has 1 fully saturated rings. The lowest BCUT2D eigenvalue weighted by atomic mass is 10.2. The van der Waals surface area contributed by atoms with E-state index < -0.39 is 0 Å². The zero-order valence-electron chi connectivity index (χ0n) is 17.7. The summed E-state index contributed by atoms with van der Waals surface area (Å²) in [6, 6.07) is 15.7. The first-order valence-electron chi connectivity index (χ1n) is 10.3. The Kier molecular flexibility index (Phi) is 7.94. The fourth-order valence-electron chi connectivity index (χ4n) is 3.26. The highest BCUT2D eigenvalue weighted by Gasteiger charge is 2.21. The van der Waals surface area contributed by atoms with Gasteiger partial charge in [0.05, 0.1) is 13.7 Å². The number of nitrogens with zero attached hydrogens (tertiary/aromatic N) is 2. The third kappa shape index (κ3) is 6.14. The Morgan fingerprint density at radius 3 is 2.43 bits per heavy atom. The van der Waals surface area contributed by atoms with Gasteiger partial charge in [0, 0.05) is 38.8 Å². The molecule has 1 aliphatic heterocycles. The Morgan fingerprint density at radius 2 is 1.80 bits per heavy atom. The predicted octanol–water partition coefficient (Wildman–Crippen LogP) is 2.96. The van der Waals surface area contributed by atoms with Crippen molar-refractivity contribution in [2.24, 2.45) is 4.99 Å². The Labute approximate surface area is 178 Å². The molecule has 0 bridgehead atoms. The molecule has 1 heterocycles. The van der Waals surface area contributed by atoms with Gasteiger partial charge >= 0.3 is 0 Å². The lowest BCUT2D eigenvalue weighted by Crippen LogP contribution is -2.37. The molecule has 7 heteroatoms. The van der Waals surface area contributed by atoms with Crippen LogP contribution in [0.1, 0.15) is 24.8 Å². The van der Waals surface area contributed by atoms with E-state index in [1.165, 1.54) is 0 Å². The molecule has 0 unspecified atom stereocenters. The maximum atomic E-state index is 11.8. The largest absolute Gasteiger partial charge is 0.497 e. The third-order valence-electron chi connectivity index (χ3n) is 4.95. The number of nitrogens with one attached hydrogen (secondary N) is 2. The van der Waals surface area contributed by atoms with Crippen molar-refractivity contribution < 1.29 is 14.3 Å². The second-order valence-electron chi connectivity index (χ2n) is 7.05. The van der Waals surface area contributed by atoms with E-state index in [0.717, 1.165) is 54.6 Å². The molecule has 2 aromatic carbocycles. The molecule has 0 spiro atoms. The number of carbonyl (C=O) groups is 1. The van der Waals surface area contributed by atoms with Gasteiger partial charge in [0.15, 0.2) is 5.96 Å². The normalized spacial score (nSPS) is 14.0. The van der Waals surface area contributed by atoms with Crippen LogP contribution in [0.15, 0.2) is 53.5 Å². The van der Waals surface area contributed by atoms with Crippen molar-refractivity contribution >= 4 is 17.6 Å².